The molecule has 0 unspecified atom stereocenters. The second-order valence-corrected chi connectivity index (χ2v) is 2.80. The predicted octanol–water partition coefficient (Wildman–Crippen LogP) is 0.387. The van der Waals surface area contributed by atoms with Crippen molar-refractivity contribution >= 4 is 6.03 Å². The molecule has 0 bridgehead atoms. The van der Waals surface area contributed by atoms with E-state index in [0.29, 0.717) is 6.54 Å². The number of carbonyl (C=O) groups is 1. The number of nitrogens with zero attached hydrogens (tertiary/aromatic N) is 1. The number of urea groups is 1. The summed E-state index contributed by atoms with van der Waals surface area (Å²) in [5, 5.41) is 2.79. The summed E-state index contributed by atoms with van der Waals surface area (Å²) in [7, 11) is 1.78. The van der Waals surface area contributed by atoms with Gasteiger partial charge in [0.05, 0.1) is 0 Å². The van der Waals surface area contributed by atoms with Crippen molar-refractivity contribution in [3.63, 3.8) is 0 Å². The topological polar surface area (TPSA) is 58.4 Å². The van der Waals surface area contributed by atoms with E-state index in [1.807, 2.05) is 6.92 Å². The molecule has 0 aromatic heterocycles. The van der Waals surface area contributed by atoms with Crippen LogP contribution in [0.15, 0.2) is 0 Å². The molecule has 0 aliphatic heterocycles. The Labute approximate surface area is 74.1 Å². The third kappa shape index (κ3) is 4.96. The first-order valence-corrected chi connectivity index (χ1v) is 4.41. The summed E-state index contributed by atoms with van der Waals surface area (Å²) in [6.07, 6.45) is 1.83. The highest BCUT2D eigenvalue weighted by atomic mass is 16.2. The first-order valence-electron chi connectivity index (χ1n) is 4.41. The smallest absolute Gasteiger partial charge is 0.317 e. The summed E-state index contributed by atoms with van der Waals surface area (Å²) in [5.74, 6) is 0. The van der Waals surface area contributed by atoms with E-state index in [0.717, 1.165) is 25.9 Å². The van der Waals surface area contributed by atoms with Gasteiger partial charge in [-0.25, -0.2) is 4.79 Å². The van der Waals surface area contributed by atoms with Gasteiger partial charge in [0.25, 0.3) is 0 Å². The van der Waals surface area contributed by atoms with Crippen molar-refractivity contribution in [2.45, 2.75) is 19.8 Å². The van der Waals surface area contributed by atoms with Gasteiger partial charge in [0.2, 0.25) is 0 Å². The zero-order valence-electron chi connectivity index (χ0n) is 7.97. The van der Waals surface area contributed by atoms with Crippen LogP contribution in [0.4, 0.5) is 4.79 Å². The van der Waals surface area contributed by atoms with E-state index in [-0.39, 0.29) is 6.03 Å². The van der Waals surface area contributed by atoms with Crippen LogP contribution in [0.5, 0.6) is 0 Å². The standard InChI is InChI=1S/C8H19N3O/c1-3-6-10-8(12)11(2)7-4-5-9/h3-7,9H2,1-2H3,(H,10,12). The summed E-state index contributed by atoms with van der Waals surface area (Å²) >= 11 is 0. The van der Waals surface area contributed by atoms with Gasteiger partial charge in [-0.3, -0.25) is 0 Å². The summed E-state index contributed by atoms with van der Waals surface area (Å²) < 4.78 is 0. The van der Waals surface area contributed by atoms with Gasteiger partial charge in [0.15, 0.2) is 0 Å². The van der Waals surface area contributed by atoms with E-state index in [9.17, 15) is 4.79 Å². The van der Waals surface area contributed by atoms with Crippen LogP contribution in [0.3, 0.4) is 0 Å². The third-order valence-electron chi connectivity index (χ3n) is 1.57. The van der Waals surface area contributed by atoms with Crippen LogP contribution in [-0.4, -0.2) is 37.6 Å². The van der Waals surface area contributed by atoms with Crippen LogP contribution in [0.2, 0.25) is 0 Å². The molecule has 0 aliphatic rings. The largest absolute Gasteiger partial charge is 0.338 e. The quantitative estimate of drug-likeness (QED) is 0.631. The van der Waals surface area contributed by atoms with E-state index in [1.54, 1.807) is 11.9 Å². The Balaban J connectivity index is 3.47. The van der Waals surface area contributed by atoms with Gasteiger partial charge in [-0.05, 0) is 19.4 Å². The van der Waals surface area contributed by atoms with Crippen molar-refractivity contribution in [2.24, 2.45) is 5.73 Å². The zero-order chi connectivity index (χ0) is 9.40. The first kappa shape index (κ1) is 11.2. The summed E-state index contributed by atoms with van der Waals surface area (Å²) in [6, 6.07) is -0.00898. The number of nitrogens with one attached hydrogen (secondary N) is 1. The number of carbonyl (C=O) groups excluding carboxylic acids is 1. The molecule has 0 saturated heterocycles. The molecule has 4 heteroatoms. The molecule has 0 saturated carbocycles. The fraction of sp³-hybridized carbons (Fsp3) is 0.875. The van der Waals surface area contributed by atoms with Crippen LogP contribution >= 0.6 is 0 Å². The molecule has 0 atom stereocenters. The molecule has 0 rings (SSSR count). The zero-order valence-corrected chi connectivity index (χ0v) is 7.97. The molecule has 12 heavy (non-hydrogen) atoms. The second-order valence-electron chi connectivity index (χ2n) is 2.80. The van der Waals surface area contributed by atoms with Crippen LogP contribution < -0.4 is 11.1 Å². The van der Waals surface area contributed by atoms with Crippen molar-refractivity contribution in [2.75, 3.05) is 26.7 Å². The molecule has 0 heterocycles. The molecule has 3 N–H and O–H groups in total. The molecule has 4 nitrogen and oxygen atoms in total. The minimum atomic E-state index is -0.00898. The van der Waals surface area contributed by atoms with Crippen molar-refractivity contribution in [3.8, 4) is 0 Å². The number of hydrogen-bond donors (Lipinski definition) is 2. The van der Waals surface area contributed by atoms with E-state index >= 15 is 0 Å². The van der Waals surface area contributed by atoms with Gasteiger partial charge in [0.1, 0.15) is 0 Å². The maximum absolute atomic E-state index is 11.2. The molecule has 0 radical (unpaired) electrons. The van der Waals surface area contributed by atoms with Crippen molar-refractivity contribution in [1.82, 2.24) is 10.2 Å². The molecular formula is C8H19N3O. The van der Waals surface area contributed by atoms with Gasteiger partial charge in [-0.1, -0.05) is 6.92 Å². The summed E-state index contributed by atoms with van der Waals surface area (Å²) in [4.78, 5) is 12.8. The minimum absolute atomic E-state index is 0.00898. The Morgan fingerprint density at radius 2 is 2.25 bits per heavy atom. The van der Waals surface area contributed by atoms with Crippen LogP contribution in [0, 0.1) is 0 Å². The maximum atomic E-state index is 11.2. The van der Waals surface area contributed by atoms with Crippen LogP contribution in [-0.2, 0) is 0 Å². The lowest BCUT2D eigenvalue weighted by molar-refractivity contribution is 0.208. The molecule has 0 spiro atoms. The molecule has 0 aromatic rings. The molecule has 0 aromatic carbocycles. The van der Waals surface area contributed by atoms with Crippen LogP contribution in [0.25, 0.3) is 0 Å². The first-order chi connectivity index (χ1) is 5.72. The number of hydrogen-bond acceptors (Lipinski definition) is 2. The maximum Gasteiger partial charge on any atom is 0.317 e. The normalized spacial score (nSPS) is 9.58. The molecule has 2 amide bonds. The minimum Gasteiger partial charge on any atom is -0.338 e. The van der Waals surface area contributed by atoms with Crippen LogP contribution in [0.1, 0.15) is 19.8 Å². The van der Waals surface area contributed by atoms with E-state index in [2.05, 4.69) is 5.32 Å². The number of amides is 2. The van der Waals surface area contributed by atoms with E-state index in [4.69, 9.17) is 5.73 Å². The van der Waals surface area contributed by atoms with Crippen molar-refractivity contribution < 1.29 is 4.79 Å². The van der Waals surface area contributed by atoms with Gasteiger partial charge in [-0.15, -0.1) is 0 Å². The molecular weight excluding hydrogens is 154 g/mol. The molecule has 0 aliphatic carbocycles. The average molecular weight is 173 g/mol. The number of nitrogens with two attached hydrogens (primary N) is 1. The Morgan fingerprint density at radius 3 is 2.75 bits per heavy atom. The fourth-order valence-electron chi connectivity index (χ4n) is 0.797. The van der Waals surface area contributed by atoms with E-state index < -0.39 is 0 Å². The van der Waals surface area contributed by atoms with E-state index in [1.165, 1.54) is 0 Å². The highest BCUT2D eigenvalue weighted by Gasteiger charge is 2.04. The SMILES string of the molecule is CCCNC(=O)N(C)CCCN. The van der Waals surface area contributed by atoms with Crippen molar-refractivity contribution in [3.05, 3.63) is 0 Å². The van der Waals surface area contributed by atoms with Crippen molar-refractivity contribution in [1.29, 1.82) is 0 Å². The van der Waals surface area contributed by atoms with Gasteiger partial charge >= 0.3 is 6.03 Å². The van der Waals surface area contributed by atoms with Gasteiger partial charge < -0.3 is 16.0 Å². The average Bonchev–Trinajstić information content (AvgIpc) is 2.10. The Hall–Kier alpha value is -0.770. The second kappa shape index (κ2) is 6.91. The lowest BCUT2D eigenvalue weighted by atomic mass is 10.4. The Kier molecular flexibility index (Phi) is 6.47. The van der Waals surface area contributed by atoms with Gasteiger partial charge in [-0.2, -0.15) is 0 Å². The summed E-state index contributed by atoms with van der Waals surface area (Å²) in [5.41, 5.74) is 5.32. The lowest BCUT2D eigenvalue weighted by Gasteiger charge is -2.16. The Bertz CT molecular complexity index is 127. The number of rotatable bonds is 5. The fourth-order valence-corrected chi connectivity index (χ4v) is 0.797. The lowest BCUT2D eigenvalue weighted by Crippen LogP contribution is -2.38. The molecule has 0 fully saturated rings. The highest BCUT2D eigenvalue weighted by molar-refractivity contribution is 5.73. The summed E-state index contributed by atoms with van der Waals surface area (Å²) in [6.45, 7) is 4.13. The highest BCUT2D eigenvalue weighted by Crippen LogP contribution is 1.86. The monoisotopic (exact) mass is 173 g/mol. The predicted molar refractivity (Wildman–Crippen MR) is 50.0 cm³/mol. The molecule has 72 valence electrons. The Morgan fingerprint density at radius 1 is 1.58 bits per heavy atom. The van der Waals surface area contributed by atoms with Gasteiger partial charge in [0, 0.05) is 20.1 Å². The third-order valence-corrected chi connectivity index (χ3v) is 1.57.